The van der Waals surface area contributed by atoms with E-state index in [4.69, 9.17) is 11.2 Å². The third-order valence-corrected chi connectivity index (χ3v) is 1.55. The quantitative estimate of drug-likeness (QED) is 0.369. The van der Waals surface area contributed by atoms with Crippen molar-refractivity contribution in [2.24, 2.45) is 0 Å². The van der Waals surface area contributed by atoms with Gasteiger partial charge in [-0.25, -0.2) is 0 Å². The molecule has 0 aliphatic heterocycles. The summed E-state index contributed by atoms with van der Waals surface area (Å²) in [7, 11) is 0. The van der Waals surface area contributed by atoms with E-state index in [1.165, 1.54) is 6.92 Å². The van der Waals surface area contributed by atoms with Crippen LogP contribution in [-0.4, -0.2) is 5.97 Å². The van der Waals surface area contributed by atoms with E-state index in [-0.39, 0.29) is 5.97 Å². The van der Waals surface area contributed by atoms with Gasteiger partial charge in [-0.1, -0.05) is 12.0 Å². The van der Waals surface area contributed by atoms with E-state index < -0.39 is 0 Å². The molecule has 2 nitrogen and oxygen atoms in total. The molecule has 0 bridgehead atoms. The van der Waals surface area contributed by atoms with Crippen LogP contribution in [0.5, 0.6) is 5.75 Å². The summed E-state index contributed by atoms with van der Waals surface area (Å²) < 4.78 is 4.94. The van der Waals surface area contributed by atoms with Gasteiger partial charge in [0.1, 0.15) is 5.75 Å². The highest BCUT2D eigenvalue weighted by Crippen LogP contribution is 2.19. The molecule has 0 saturated heterocycles. The molecule has 1 rings (SSSR count). The average molecular weight is 174 g/mol. The molecule has 0 atom stereocenters. The lowest BCUT2D eigenvalue weighted by Crippen LogP contribution is -2.03. The Morgan fingerprint density at radius 3 is 2.77 bits per heavy atom. The zero-order valence-electron chi connectivity index (χ0n) is 7.63. The molecule has 0 amide bonds. The summed E-state index contributed by atoms with van der Waals surface area (Å²) in [6.07, 6.45) is 5.24. The predicted molar refractivity (Wildman–Crippen MR) is 50.4 cm³/mol. The maximum absolute atomic E-state index is 10.7. The van der Waals surface area contributed by atoms with Crippen molar-refractivity contribution in [3.63, 3.8) is 0 Å². The smallest absolute Gasteiger partial charge is 0.308 e. The lowest BCUT2D eigenvalue weighted by Gasteiger charge is -2.04. The van der Waals surface area contributed by atoms with E-state index in [1.807, 2.05) is 13.0 Å². The van der Waals surface area contributed by atoms with Crippen molar-refractivity contribution in [2.45, 2.75) is 13.8 Å². The second-order valence-corrected chi connectivity index (χ2v) is 2.74. The van der Waals surface area contributed by atoms with Gasteiger partial charge in [0.05, 0.1) is 5.56 Å². The van der Waals surface area contributed by atoms with Gasteiger partial charge < -0.3 is 4.74 Å². The number of rotatable bonds is 1. The van der Waals surface area contributed by atoms with E-state index in [9.17, 15) is 4.79 Å². The minimum atomic E-state index is -0.359. The number of terminal acetylenes is 1. The fraction of sp³-hybridized carbons (Fsp3) is 0.182. The van der Waals surface area contributed by atoms with Crippen molar-refractivity contribution in [1.82, 2.24) is 0 Å². The fourth-order valence-electron chi connectivity index (χ4n) is 0.988. The molecule has 13 heavy (non-hydrogen) atoms. The maximum Gasteiger partial charge on any atom is 0.308 e. The molecule has 0 aliphatic rings. The van der Waals surface area contributed by atoms with E-state index in [1.54, 1.807) is 12.1 Å². The summed E-state index contributed by atoms with van der Waals surface area (Å²) >= 11 is 0. The van der Waals surface area contributed by atoms with Gasteiger partial charge in [0.2, 0.25) is 0 Å². The Bertz CT molecular complexity index is 372. The number of hydrogen-bond donors (Lipinski definition) is 0. The third kappa shape index (κ3) is 2.34. The van der Waals surface area contributed by atoms with Gasteiger partial charge >= 0.3 is 5.97 Å². The van der Waals surface area contributed by atoms with Crippen LogP contribution in [0.2, 0.25) is 0 Å². The second kappa shape index (κ2) is 3.77. The van der Waals surface area contributed by atoms with Crippen LogP contribution >= 0.6 is 0 Å². The molecule has 0 unspecified atom stereocenters. The molecule has 0 spiro atoms. The van der Waals surface area contributed by atoms with Crippen molar-refractivity contribution < 1.29 is 9.53 Å². The van der Waals surface area contributed by atoms with Crippen LogP contribution in [0.1, 0.15) is 18.1 Å². The lowest BCUT2D eigenvalue weighted by molar-refractivity contribution is -0.131. The van der Waals surface area contributed by atoms with Gasteiger partial charge in [-0.2, -0.15) is 0 Å². The molecule has 0 aliphatic carbocycles. The van der Waals surface area contributed by atoms with Gasteiger partial charge in [-0.3, -0.25) is 4.79 Å². The fourth-order valence-corrected chi connectivity index (χ4v) is 0.988. The molecule has 2 heteroatoms. The Balaban J connectivity index is 3.10. The first-order valence-corrected chi connectivity index (χ1v) is 3.89. The summed E-state index contributed by atoms with van der Waals surface area (Å²) in [6, 6.07) is 5.38. The van der Waals surface area contributed by atoms with Crippen LogP contribution in [0.25, 0.3) is 0 Å². The molecule has 0 N–H and O–H groups in total. The standard InChI is InChI=1S/C11H10O2/c1-4-10-6-5-8(2)7-11(10)13-9(3)12/h1,5-7H,2-3H3. The molecule has 0 aromatic heterocycles. The monoisotopic (exact) mass is 174 g/mol. The van der Waals surface area contributed by atoms with Gasteiger partial charge in [-0.05, 0) is 24.6 Å². The molecule has 0 heterocycles. The third-order valence-electron chi connectivity index (χ3n) is 1.55. The van der Waals surface area contributed by atoms with Crippen molar-refractivity contribution in [3.05, 3.63) is 29.3 Å². The largest absolute Gasteiger partial charge is 0.425 e. The van der Waals surface area contributed by atoms with Gasteiger partial charge in [0.15, 0.2) is 0 Å². The Labute approximate surface area is 77.5 Å². The van der Waals surface area contributed by atoms with Gasteiger partial charge in [-0.15, -0.1) is 6.42 Å². The minimum Gasteiger partial charge on any atom is -0.425 e. The summed E-state index contributed by atoms with van der Waals surface area (Å²) in [6.45, 7) is 3.26. The van der Waals surface area contributed by atoms with Gasteiger partial charge in [0, 0.05) is 6.92 Å². The Morgan fingerprint density at radius 1 is 1.54 bits per heavy atom. The molecule has 0 radical (unpaired) electrons. The van der Waals surface area contributed by atoms with Crippen molar-refractivity contribution >= 4 is 5.97 Å². The first-order valence-electron chi connectivity index (χ1n) is 3.89. The normalized spacial score (nSPS) is 9.00. The van der Waals surface area contributed by atoms with Crippen molar-refractivity contribution in [2.75, 3.05) is 0 Å². The number of esters is 1. The van der Waals surface area contributed by atoms with Crippen LogP contribution in [0.4, 0.5) is 0 Å². The van der Waals surface area contributed by atoms with Crippen molar-refractivity contribution in [1.29, 1.82) is 0 Å². The molecule has 1 aromatic rings. The number of hydrogen-bond acceptors (Lipinski definition) is 2. The molecule has 66 valence electrons. The molecule has 0 saturated carbocycles. The number of aryl methyl sites for hydroxylation is 1. The number of carbonyl (C=O) groups is 1. The SMILES string of the molecule is C#Cc1ccc(C)cc1OC(C)=O. The van der Waals surface area contributed by atoms with E-state index in [2.05, 4.69) is 5.92 Å². The first-order chi connectivity index (χ1) is 6.13. The predicted octanol–water partition coefficient (Wildman–Crippen LogP) is 1.90. The van der Waals surface area contributed by atoms with Crippen molar-refractivity contribution in [3.8, 4) is 18.1 Å². The zero-order chi connectivity index (χ0) is 9.84. The van der Waals surface area contributed by atoms with E-state index in [0.29, 0.717) is 11.3 Å². The maximum atomic E-state index is 10.7. The second-order valence-electron chi connectivity index (χ2n) is 2.74. The number of ether oxygens (including phenoxy) is 1. The number of carbonyl (C=O) groups excluding carboxylic acids is 1. The van der Waals surface area contributed by atoms with Crippen LogP contribution in [0.15, 0.2) is 18.2 Å². The highest BCUT2D eigenvalue weighted by atomic mass is 16.5. The van der Waals surface area contributed by atoms with E-state index in [0.717, 1.165) is 5.56 Å². The highest BCUT2D eigenvalue weighted by Gasteiger charge is 2.03. The van der Waals surface area contributed by atoms with Gasteiger partial charge in [0.25, 0.3) is 0 Å². The first kappa shape index (κ1) is 9.34. The Morgan fingerprint density at radius 2 is 2.23 bits per heavy atom. The minimum absolute atomic E-state index is 0.359. The molecular weight excluding hydrogens is 164 g/mol. The van der Waals surface area contributed by atoms with Crippen LogP contribution < -0.4 is 4.74 Å². The highest BCUT2D eigenvalue weighted by molar-refractivity contribution is 5.70. The molecule has 0 fully saturated rings. The summed E-state index contributed by atoms with van der Waals surface area (Å²) in [5.41, 5.74) is 1.61. The summed E-state index contributed by atoms with van der Waals surface area (Å²) in [5, 5.41) is 0. The lowest BCUT2D eigenvalue weighted by atomic mass is 10.1. The zero-order valence-corrected chi connectivity index (χ0v) is 7.63. The Kier molecular flexibility index (Phi) is 2.71. The topological polar surface area (TPSA) is 26.3 Å². The van der Waals surface area contributed by atoms with E-state index >= 15 is 0 Å². The van der Waals surface area contributed by atoms with Crippen LogP contribution in [0.3, 0.4) is 0 Å². The summed E-state index contributed by atoms with van der Waals surface area (Å²) in [5.74, 6) is 2.55. The number of benzene rings is 1. The Hall–Kier alpha value is -1.75. The molecular formula is C11H10O2. The summed E-state index contributed by atoms with van der Waals surface area (Å²) in [4.78, 5) is 10.7. The molecule has 1 aromatic carbocycles. The van der Waals surface area contributed by atoms with Crippen LogP contribution in [-0.2, 0) is 4.79 Å². The van der Waals surface area contributed by atoms with Crippen LogP contribution in [0, 0.1) is 19.3 Å². The average Bonchev–Trinajstić information content (AvgIpc) is 2.03.